The van der Waals surface area contributed by atoms with Gasteiger partial charge in [-0.3, -0.25) is 4.98 Å². The monoisotopic (exact) mass is 363 g/mol. The Labute approximate surface area is 159 Å². The van der Waals surface area contributed by atoms with Crippen molar-refractivity contribution in [1.29, 1.82) is 0 Å². The van der Waals surface area contributed by atoms with Gasteiger partial charge in [-0.15, -0.1) is 11.3 Å². The number of hydrogen-bond acceptors (Lipinski definition) is 4. The number of aromatic nitrogens is 2. The molecular formula is C22H25N3S. The standard InChI is InChI=1S/C22H25N3S/c1-14-5-7-19(15(2)23-14)16-6-8-20-21(13-16)26-22(24-20)17-11-18(12-17)25-9-3-4-10-25/h5-8,13,17-18H,3-4,9-12H2,1-2H3. The van der Waals surface area contributed by atoms with Crippen LogP contribution >= 0.6 is 11.3 Å². The minimum Gasteiger partial charge on any atom is -0.300 e. The summed E-state index contributed by atoms with van der Waals surface area (Å²) in [6.07, 6.45) is 5.37. The fourth-order valence-electron chi connectivity index (χ4n) is 4.47. The van der Waals surface area contributed by atoms with Crippen LogP contribution in [0.4, 0.5) is 0 Å². The molecule has 0 radical (unpaired) electrons. The summed E-state index contributed by atoms with van der Waals surface area (Å²) >= 11 is 1.89. The van der Waals surface area contributed by atoms with Crippen LogP contribution < -0.4 is 0 Å². The van der Waals surface area contributed by atoms with Gasteiger partial charge in [0.25, 0.3) is 0 Å². The molecular weight excluding hydrogens is 338 g/mol. The third-order valence-corrected chi connectivity index (χ3v) is 7.24. The van der Waals surface area contributed by atoms with Crippen molar-refractivity contribution in [3.8, 4) is 11.1 Å². The molecule has 0 amide bonds. The predicted molar refractivity (Wildman–Crippen MR) is 109 cm³/mol. The van der Waals surface area contributed by atoms with Gasteiger partial charge in [-0.05, 0) is 76.4 Å². The average molecular weight is 364 g/mol. The molecule has 2 aromatic heterocycles. The highest BCUT2D eigenvalue weighted by atomic mass is 32.1. The summed E-state index contributed by atoms with van der Waals surface area (Å²) in [5.74, 6) is 0.671. The zero-order valence-corrected chi connectivity index (χ0v) is 16.4. The van der Waals surface area contributed by atoms with Gasteiger partial charge in [-0.25, -0.2) is 4.98 Å². The number of benzene rings is 1. The van der Waals surface area contributed by atoms with E-state index in [0.29, 0.717) is 5.92 Å². The van der Waals surface area contributed by atoms with Crippen LogP contribution in [-0.4, -0.2) is 34.0 Å². The van der Waals surface area contributed by atoms with Crippen molar-refractivity contribution >= 4 is 21.6 Å². The van der Waals surface area contributed by atoms with E-state index in [2.05, 4.69) is 47.1 Å². The van der Waals surface area contributed by atoms with E-state index in [9.17, 15) is 0 Å². The molecule has 134 valence electrons. The minimum atomic E-state index is 0.671. The first-order chi connectivity index (χ1) is 12.7. The van der Waals surface area contributed by atoms with Crippen LogP contribution in [0.25, 0.3) is 21.3 Å². The number of aryl methyl sites for hydroxylation is 2. The van der Waals surface area contributed by atoms with E-state index in [1.807, 2.05) is 18.3 Å². The van der Waals surface area contributed by atoms with Crippen molar-refractivity contribution in [2.75, 3.05) is 13.1 Å². The summed E-state index contributed by atoms with van der Waals surface area (Å²) in [7, 11) is 0. The van der Waals surface area contributed by atoms with Crippen LogP contribution in [0.15, 0.2) is 30.3 Å². The van der Waals surface area contributed by atoms with Gasteiger partial charge in [0.2, 0.25) is 0 Å². The van der Waals surface area contributed by atoms with Crippen molar-refractivity contribution in [3.63, 3.8) is 0 Å². The van der Waals surface area contributed by atoms with Gasteiger partial charge in [0.1, 0.15) is 0 Å². The van der Waals surface area contributed by atoms with Crippen LogP contribution in [-0.2, 0) is 0 Å². The predicted octanol–water partition coefficient (Wildman–Crippen LogP) is 5.32. The molecule has 3 nitrogen and oxygen atoms in total. The maximum Gasteiger partial charge on any atom is 0.0970 e. The molecule has 1 saturated carbocycles. The molecule has 3 aromatic rings. The first kappa shape index (κ1) is 16.4. The molecule has 0 N–H and O–H groups in total. The van der Waals surface area contributed by atoms with Crippen LogP contribution in [0.3, 0.4) is 0 Å². The number of hydrogen-bond donors (Lipinski definition) is 0. The zero-order chi connectivity index (χ0) is 17.7. The highest BCUT2D eigenvalue weighted by Crippen LogP contribution is 2.43. The molecule has 1 saturated heterocycles. The zero-order valence-electron chi connectivity index (χ0n) is 15.5. The van der Waals surface area contributed by atoms with Gasteiger partial charge in [-0.2, -0.15) is 0 Å². The van der Waals surface area contributed by atoms with E-state index in [-0.39, 0.29) is 0 Å². The van der Waals surface area contributed by atoms with Crippen LogP contribution in [0, 0.1) is 13.8 Å². The van der Waals surface area contributed by atoms with Crippen molar-refractivity contribution in [2.24, 2.45) is 0 Å². The lowest BCUT2D eigenvalue weighted by atomic mass is 9.80. The molecule has 1 aliphatic carbocycles. The largest absolute Gasteiger partial charge is 0.300 e. The Bertz CT molecular complexity index is 949. The van der Waals surface area contributed by atoms with Gasteiger partial charge in [0.05, 0.1) is 15.2 Å². The van der Waals surface area contributed by atoms with Crippen LogP contribution in [0.5, 0.6) is 0 Å². The van der Waals surface area contributed by atoms with Crippen molar-refractivity contribution < 1.29 is 0 Å². The fraction of sp³-hybridized carbons (Fsp3) is 0.455. The van der Waals surface area contributed by atoms with Crippen LogP contribution in [0.1, 0.15) is 48.0 Å². The molecule has 0 atom stereocenters. The van der Waals surface area contributed by atoms with Gasteiger partial charge in [0.15, 0.2) is 0 Å². The molecule has 0 spiro atoms. The average Bonchev–Trinajstić information content (AvgIpc) is 3.22. The van der Waals surface area contributed by atoms with E-state index < -0.39 is 0 Å². The molecule has 1 aromatic carbocycles. The number of likely N-dealkylation sites (tertiary alicyclic amines) is 1. The molecule has 0 unspecified atom stereocenters. The van der Waals surface area contributed by atoms with Crippen molar-refractivity contribution in [2.45, 2.75) is 51.5 Å². The Morgan fingerprint density at radius 3 is 2.58 bits per heavy atom. The third-order valence-electron chi connectivity index (χ3n) is 6.06. The molecule has 26 heavy (non-hydrogen) atoms. The fourth-order valence-corrected chi connectivity index (χ4v) is 5.60. The summed E-state index contributed by atoms with van der Waals surface area (Å²) in [6, 6.07) is 11.8. The summed E-state index contributed by atoms with van der Waals surface area (Å²) in [4.78, 5) is 12.3. The minimum absolute atomic E-state index is 0.671. The quantitative estimate of drug-likeness (QED) is 0.631. The van der Waals surface area contributed by atoms with E-state index >= 15 is 0 Å². The van der Waals surface area contributed by atoms with Crippen molar-refractivity contribution in [3.05, 3.63) is 46.7 Å². The van der Waals surface area contributed by atoms with Gasteiger partial charge >= 0.3 is 0 Å². The highest BCUT2D eigenvalue weighted by Gasteiger charge is 2.37. The van der Waals surface area contributed by atoms with E-state index in [1.54, 1.807) is 0 Å². The number of nitrogens with zero attached hydrogens (tertiary/aromatic N) is 3. The number of rotatable bonds is 3. The lowest BCUT2D eigenvalue weighted by molar-refractivity contribution is 0.136. The molecule has 2 fully saturated rings. The lowest BCUT2D eigenvalue weighted by Gasteiger charge is -2.40. The second kappa shape index (κ2) is 6.43. The van der Waals surface area contributed by atoms with Crippen molar-refractivity contribution in [1.82, 2.24) is 14.9 Å². The number of thiazole rings is 1. The molecule has 1 aliphatic heterocycles. The summed E-state index contributed by atoms with van der Waals surface area (Å²) in [5.41, 5.74) is 5.80. The SMILES string of the molecule is Cc1ccc(-c2ccc3nc(C4CC(N5CCCC5)C4)sc3c2)c(C)n1. The molecule has 0 bridgehead atoms. The van der Waals surface area contributed by atoms with E-state index in [4.69, 9.17) is 4.98 Å². The molecule has 3 heterocycles. The highest BCUT2D eigenvalue weighted by molar-refractivity contribution is 7.18. The Kier molecular flexibility index (Phi) is 4.06. The second-order valence-corrected chi connectivity index (χ2v) is 8.95. The maximum absolute atomic E-state index is 4.95. The second-order valence-electron chi connectivity index (χ2n) is 7.89. The Morgan fingerprint density at radius 2 is 1.81 bits per heavy atom. The third kappa shape index (κ3) is 2.85. The number of pyridine rings is 1. The van der Waals surface area contributed by atoms with Gasteiger partial charge in [0, 0.05) is 28.9 Å². The molecule has 4 heteroatoms. The first-order valence-electron chi connectivity index (χ1n) is 9.76. The molecule has 2 aliphatic rings. The van der Waals surface area contributed by atoms with E-state index in [1.165, 1.54) is 59.6 Å². The topological polar surface area (TPSA) is 29.0 Å². The Morgan fingerprint density at radius 1 is 1.00 bits per heavy atom. The Balaban J connectivity index is 1.38. The summed E-state index contributed by atoms with van der Waals surface area (Å²) in [5, 5.41) is 1.34. The number of fused-ring (bicyclic) bond motifs is 1. The lowest BCUT2D eigenvalue weighted by Crippen LogP contribution is -2.42. The normalized spacial score (nSPS) is 23.5. The van der Waals surface area contributed by atoms with Gasteiger partial charge in [-0.1, -0.05) is 12.1 Å². The first-order valence-corrected chi connectivity index (χ1v) is 10.6. The summed E-state index contributed by atoms with van der Waals surface area (Å²) in [6.45, 7) is 6.76. The molecule has 5 rings (SSSR count). The maximum atomic E-state index is 4.95. The Hall–Kier alpha value is -1.78. The van der Waals surface area contributed by atoms with Gasteiger partial charge < -0.3 is 4.90 Å². The summed E-state index contributed by atoms with van der Waals surface area (Å²) < 4.78 is 1.31. The van der Waals surface area contributed by atoms with E-state index in [0.717, 1.165) is 22.9 Å². The van der Waals surface area contributed by atoms with Crippen LogP contribution in [0.2, 0.25) is 0 Å². The smallest absolute Gasteiger partial charge is 0.0970 e.